The molecule has 2 rings (SSSR count). The number of likely N-dealkylation sites (N-methyl/N-ethyl adjacent to an activating group) is 1. The number of nitrogens with zero attached hydrogens (tertiary/aromatic N) is 2. The first-order chi connectivity index (χ1) is 13.8. The summed E-state index contributed by atoms with van der Waals surface area (Å²) in [7, 11) is 1.61. The number of aliphatic imine (C=N–C) groups is 1. The lowest BCUT2D eigenvalue weighted by molar-refractivity contribution is -0.143. The maximum Gasteiger partial charge on any atom is 0.401 e. The first-order valence-corrected chi connectivity index (χ1v) is 9.53. The molecule has 29 heavy (non-hydrogen) atoms. The summed E-state index contributed by atoms with van der Waals surface area (Å²) in [4.78, 5) is 17.0. The lowest BCUT2D eigenvalue weighted by atomic mass is 10.2. The number of carbonyl (C=O) groups excluding carboxylic acids is 1. The van der Waals surface area contributed by atoms with Gasteiger partial charge in [-0.05, 0) is 31.0 Å². The lowest BCUT2D eigenvalue weighted by Crippen LogP contribution is -2.44. The molecule has 1 atom stereocenters. The smallest absolute Gasteiger partial charge is 0.401 e. The van der Waals surface area contributed by atoms with Gasteiger partial charge in [-0.25, -0.2) is 0 Å². The Bertz CT molecular complexity index is 697. The summed E-state index contributed by atoms with van der Waals surface area (Å²) >= 11 is 0. The fraction of sp³-hybridized carbons (Fsp3) is 0.579. The minimum absolute atomic E-state index is 0.0515. The molecule has 3 N–H and O–H groups in total. The van der Waals surface area contributed by atoms with Crippen molar-refractivity contribution in [3.8, 4) is 5.75 Å². The van der Waals surface area contributed by atoms with Gasteiger partial charge in [0.2, 0.25) is 0 Å². The van der Waals surface area contributed by atoms with Crippen LogP contribution >= 0.6 is 0 Å². The summed E-state index contributed by atoms with van der Waals surface area (Å²) in [6.07, 6.45) is -3.56. The van der Waals surface area contributed by atoms with Gasteiger partial charge in [-0.3, -0.25) is 14.7 Å². The molecule has 1 aliphatic heterocycles. The van der Waals surface area contributed by atoms with Crippen LogP contribution in [0.1, 0.15) is 18.9 Å². The molecule has 0 aliphatic carbocycles. The molecule has 1 saturated heterocycles. The molecule has 1 heterocycles. The van der Waals surface area contributed by atoms with Crippen molar-refractivity contribution >= 4 is 11.9 Å². The van der Waals surface area contributed by atoms with E-state index in [0.29, 0.717) is 44.3 Å². The van der Waals surface area contributed by atoms with E-state index in [2.05, 4.69) is 20.9 Å². The highest BCUT2D eigenvalue weighted by atomic mass is 19.4. The van der Waals surface area contributed by atoms with E-state index in [0.717, 1.165) is 5.56 Å². The van der Waals surface area contributed by atoms with Crippen molar-refractivity contribution in [1.29, 1.82) is 0 Å². The van der Waals surface area contributed by atoms with Crippen LogP contribution in [0.2, 0.25) is 0 Å². The number of ether oxygens (including phenoxy) is 1. The van der Waals surface area contributed by atoms with Gasteiger partial charge in [0, 0.05) is 39.3 Å². The number of hydrogen-bond donors (Lipinski definition) is 3. The zero-order valence-corrected chi connectivity index (χ0v) is 16.7. The maximum absolute atomic E-state index is 12.5. The van der Waals surface area contributed by atoms with Gasteiger partial charge in [-0.2, -0.15) is 13.2 Å². The Balaban J connectivity index is 1.79. The average molecular weight is 415 g/mol. The number of rotatable bonds is 8. The summed E-state index contributed by atoms with van der Waals surface area (Å²) in [5.74, 6) is 0.923. The predicted octanol–water partition coefficient (Wildman–Crippen LogP) is 1.50. The highest BCUT2D eigenvalue weighted by Crippen LogP contribution is 2.20. The number of benzene rings is 1. The van der Waals surface area contributed by atoms with E-state index in [9.17, 15) is 18.0 Å². The zero-order chi connectivity index (χ0) is 21.3. The average Bonchev–Trinajstić information content (AvgIpc) is 3.09. The van der Waals surface area contributed by atoms with E-state index in [1.165, 1.54) is 4.90 Å². The van der Waals surface area contributed by atoms with Crippen LogP contribution in [0.5, 0.6) is 5.75 Å². The lowest BCUT2D eigenvalue weighted by Gasteiger charge is -2.20. The summed E-state index contributed by atoms with van der Waals surface area (Å²) in [5.41, 5.74) is 0.923. The molecule has 1 aromatic carbocycles. The van der Waals surface area contributed by atoms with E-state index in [-0.39, 0.29) is 18.6 Å². The number of alkyl halides is 3. The summed E-state index contributed by atoms with van der Waals surface area (Å²) in [6.45, 7) is 2.63. The Morgan fingerprint density at radius 2 is 2.14 bits per heavy atom. The van der Waals surface area contributed by atoms with E-state index < -0.39 is 12.7 Å². The molecular formula is C19H28F3N5O2. The second-order valence-electron chi connectivity index (χ2n) is 6.80. The molecule has 0 spiro atoms. The molecule has 1 unspecified atom stereocenters. The van der Waals surface area contributed by atoms with Crippen molar-refractivity contribution < 1.29 is 22.7 Å². The van der Waals surface area contributed by atoms with Crippen molar-refractivity contribution in [3.63, 3.8) is 0 Å². The highest BCUT2D eigenvalue weighted by molar-refractivity contribution is 5.80. The van der Waals surface area contributed by atoms with Crippen LogP contribution in [0.15, 0.2) is 29.3 Å². The normalized spacial score (nSPS) is 17.8. The van der Waals surface area contributed by atoms with Gasteiger partial charge in [0.25, 0.3) is 5.91 Å². The van der Waals surface area contributed by atoms with E-state index in [1.54, 1.807) is 13.1 Å². The monoisotopic (exact) mass is 415 g/mol. The van der Waals surface area contributed by atoms with Crippen LogP contribution in [-0.2, 0) is 11.3 Å². The van der Waals surface area contributed by atoms with Crippen molar-refractivity contribution in [2.75, 3.05) is 39.8 Å². The minimum Gasteiger partial charge on any atom is -0.484 e. The van der Waals surface area contributed by atoms with E-state index >= 15 is 0 Å². The highest BCUT2D eigenvalue weighted by Gasteiger charge is 2.34. The molecule has 162 valence electrons. The molecular weight excluding hydrogens is 387 g/mol. The van der Waals surface area contributed by atoms with Crippen molar-refractivity contribution in [1.82, 2.24) is 20.9 Å². The number of likely N-dealkylation sites (tertiary alicyclic amines) is 1. The largest absolute Gasteiger partial charge is 0.484 e. The molecule has 1 aliphatic rings. The Morgan fingerprint density at radius 1 is 1.34 bits per heavy atom. The number of guanidine groups is 1. The van der Waals surface area contributed by atoms with Gasteiger partial charge in [-0.1, -0.05) is 12.1 Å². The molecule has 1 amide bonds. The zero-order valence-electron chi connectivity index (χ0n) is 16.7. The second kappa shape index (κ2) is 10.9. The van der Waals surface area contributed by atoms with Gasteiger partial charge < -0.3 is 20.7 Å². The Labute approximate surface area is 168 Å². The number of halogens is 3. The predicted molar refractivity (Wildman–Crippen MR) is 105 cm³/mol. The quantitative estimate of drug-likeness (QED) is 0.443. The molecule has 0 saturated carbocycles. The maximum atomic E-state index is 12.5. The fourth-order valence-corrected chi connectivity index (χ4v) is 3.06. The standard InChI is InChI=1S/C19H28F3N5O2/c1-3-24-17(28)12-29-16-6-4-5-14(9-16)10-25-18(23-2)26-15-7-8-27(11-15)13-19(20,21)22/h4-6,9,15H,3,7-8,10-13H2,1-2H3,(H,24,28)(H2,23,25,26). The van der Waals surface area contributed by atoms with Crippen LogP contribution in [0.3, 0.4) is 0 Å². The molecule has 1 aromatic rings. The molecule has 0 radical (unpaired) electrons. The Hall–Kier alpha value is -2.49. The van der Waals surface area contributed by atoms with Crippen molar-refractivity contribution in [3.05, 3.63) is 29.8 Å². The Morgan fingerprint density at radius 3 is 2.83 bits per heavy atom. The summed E-state index contributed by atoms with van der Waals surface area (Å²) in [6, 6.07) is 7.23. The first kappa shape index (κ1) is 22.8. The van der Waals surface area contributed by atoms with Crippen LogP contribution in [0.25, 0.3) is 0 Å². The number of carbonyl (C=O) groups is 1. The topological polar surface area (TPSA) is 78.0 Å². The van der Waals surface area contributed by atoms with Crippen molar-refractivity contribution in [2.45, 2.75) is 32.1 Å². The third-order valence-corrected chi connectivity index (χ3v) is 4.34. The van der Waals surface area contributed by atoms with Gasteiger partial charge in [0.1, 0.15) is 5.75 Å². The third-order valence-electron chi connectivity index (χ3n) is 4.34. The third kappa shape index (κ3) is 8.59. The van der Waals surface area contributed by atoms with Gasteiger partial charge >= 0.3 is 6.18 Å². The summed E-state index contributed by atoms with van der Waals surface area (Å²) in [5, 5.41) is 8.98. The van der Waals surface area contributed by atoms with Gasteiger partial charge in [0.05, 0.1) is 6.54 Å². The van der Waals surface area contributed by atoms with Crippen LogP contribution in [-0.4, -0.2) is 68.8 Å². The number of amides is 1. The van der Waals surface area contributed by atoms with Crippen LogP contribution < -0.4 is 20.7 Å². The number of nitrogens with one attached hydrogen (secondary N) is 3. The number of hydrogen-bond acceptors (Lipinski definition) is 4. The van der Waals surface area contributed by atoms with Crippen LogP contribution in [0, 0.1) is 0 Å². The fourth-order valence-electron chi connectivity index (χ4n) is 3.06. The molecule has 0 bridgehead atoms. The van der Waals surface area contributed by atoms with Crippen LogP contribution in [0.4, 0.5) is 13.2 Å². The van der Waals surface area contributed by atoms with Gasteiger partial charge in [0.15, 0.2) is 12.6 Å². The second-order valence-corrected chi connectivity index (χ2v) is 6.80. The SMILES string of the molecule is CCNC(=O)COc1cccc(CNC(=NC)NC2CCN(CC(F)(F)F)C2)c1. The van der Waals surface area contributed by atoms with E-state index in [1.807, 2.05) is 25.1 Å². The van der Waals surface area contributed by atoms with E-state index in [4.69, 9.17) is 4.74 Å². The molecule has 0 aromatic heterocycles. The molecule has 7 nitrogen and oxygen atoms in total. The molecule has 1 fully saturated rings. The van der Waals surface area contributed by atoms with Crippen molar-refractivity contribution in [2.24, 2.45) is 4.99 Å². The Kier molecular flexibility index (Phi) is 8.56. The first-order valence-electron chi connectivity index (χ1n) is 9.53. The minimum atomic E-state index is -4.18. The summed E-state index contributed by atoms with van der Waals surface area (Å²) < 4.78 is 43.0. The van der Waals surface area contributed by atoms with Gasteiger partial charge in [-0.15, -0.1) is 0 Å². The molecule has 10 heteroatoms.